The molecule has 0 spiro atoms. The largest absolute Gasteiger partial charge is 0.305 e. The average molecular weight is 273 g/mol. The lowest BCUT2D eigenvalue weighted by atomic mass is 10.1. The van der Waals surface area contributed by atoms with E-state index in [-0.39, 0.29) is 6.04 Å². The Morgan fingerprint density at radius 2 is 2.41 bits per heavy atom. The van der Waals surface area contributed by atoms with E-state index in [0.29, 0.717) is 17.5 Å². The van der Waals surface area contributed by atoms with E-state index >= 15 is 0 Å². The molecular formula is C12H19NO2S2. The maximum atomic E-state index is 11.6. The molecule has 17 heavy (non-hydrogen) atoms. The quantitative estimate of drug-likeness (QED) is 0.916. The van der Waals surface area contributed by atoms with Crippen molar-refractivity contribution in [3.8, 4) is 0 Å². The highest BCUT2D eigenvalue weighted by atomic mass is 32.2. The molecule has 5 heteroatoms. The number of rotatable bonds is 4. The van der Waals surface area contributed by atoms with Crippen LogP contribution in [0.25, 0.3) is 0 Å². The van der Waals surface area contributed by atoms with Gasteiger partial charge in [-0.05, 0) is 30.7 Å². The highest BCUT2D eigenvalue weighted by Gasteiger charge is 2.26. The molecule has 0 bridgehead atoms. The molecule has 2 heterocycles. The molecule has 1 fully saturated rings. The summed E-state index contributed by atoms with van der Waals surface area (Å²) < 4.78 is 23.2. The van der Waals surface area contributed by atoms with E-state index in [1.807, 2.05) is 6.07 Å². The molecule has 0 amide bonds. The Labute approximate surface area is 107 Å². The molecule has 1 aliphatic rings. The standard InChI is InChI=1S/C12H19NO2S2/c1-2-11(12-6-3-7-16-12)13-10-5-4-8-17(14,15)9-10/h3,6-7,10-11,13H,2,4-5,8-9H2,1H3. The van der Waals surface area contributed by atoms with Crippen LogP contribution in [0.3, 0.4) is 0 Å². The first-order valence-corrected chi connectivity index (χ1v) is 8.80. The van der Waals surface area contributed by atoms with Crippen molar-refractivity contribution in [1.29, 1.82) is 0 Å². The molecule has 0 saturated carbocycles. The molecule has 96 valence electrons. The summed E-state index contributed by atoms with van der Waals surface area (Å²) in [5.74, 6) is 0.663. The molecular weight excluding hydrogens is 254 g/mol. The molecule has 2 rings (SSSR count). The van der Waals surface area contributed by atoms with Gasteiger partial charge in [0.15, 0.2) is 9.84 Å². The smallest absolute Gasteiger partial charge is 0.151 e. The van der Waals surface area contributed by atoms with Gasteiger partial charge in [-0.2, -0.15) is 0 Å². The number of sulfone groups is 1. The molecule has 0 aromatic carbocycles. The van der Waals surface area contributed by atoms with Gasteiger partial charge < -0.3 is 5.32 Å². The highest BCUT2D eigenvalue weighted by molar-refractivity contribution is 7.91. The normalized spacial score (nSPS) is 25.6. The summed E-state index contributed by atoms with van der Waals surface area (Å²) in [6.07, 6.45) is 2.76. The van der Waals surface area contributed by atoms with Crippen LogP contribution in [0.4, 0.5) is 0 Å². The van der Waals surface area contributed by atoms with E-state index in [0.717, 1.165) is 19.3 Å². The van der Waals surface area contributed by atoms with Gasteiger partial charge in [-0.1, -0.05) is 13.0 Å². The van der Waals surface area contributed by atoms with Crippen molar-refractivity contribution in [3.05, 3.63) is 22.4 Å². The minimum absolute atomic E-state index is 0.126. The van der Waals surface area contributed by atoms with Crippen molar-refractivity contribution >= 4 is 21.2 Å². The monoisotopic (exact) mass is 273 g/mol. The van der Waals surface area contributed by atoms with Crippen LogP contribution in [0.2, 0.25) is 0 Å². The first-order chi connectivity index (χ1) is 8.11. The summed E-state index contributed by atoms with van der Waals surface area (Å²) in [6.45, 7) is 2.13. The van der Waals surface area contributed by atoms with Gasteiger partial charge in [0, 0.05) is 17.0 Å². The van der Waals surface area contributed by atoms with Crippen LogP contribution in [-0.2, 0) is 9.84 Å². The molecule has 1 aromatic heterocycles. The SMILES string of the molecule is CCC(NC1CCCS(=O)(=O)C1)c1cccs1. The lowest BCUT2D eigenvalue weighted by Gasteiger charge is -2.27. The van der Waals surface area contributed by atoms with E-state index in [2.05, 4.69) is 23.7 Å². The number of hydrogen-bond donors (Lipinski definition) is 1. The summed E-state index contributed by atoms with van der Waals surface area (Å²) in [7, 11) is -2.81. The van der Waals surface area contributed by atoms with Gasteiger partial charge >= 0.3 is 0 Å². The molecule has 3 nitrogen and oxygen atoms in total. The lowest BCUT2D eigenvalue weighted by Crippen LogP contribution is -2.41. The third kappa shape index (κ3) is 3.53. The fourth-order valence-corrected chi connectivity index (χ4v) is 4.85. The third-order valence-electron chi connectivity index (χ3n) is 3.19. The summed E-state index contributed by atoms with van der Waals surface area (Å²) >= 11 is 1.73. The van der Waals surface area contributed by atoms with Crippen molar-refractivity contribution < 1.29 is 8.42 Å². The Hall–Kier alpha value is -0.390. The summed E-state index contributed by atoms with van der Waals surface area (Å²) in [4.78, 5) is 1.30. The maximum absolute atomic E-state index is 11.6. The van der Waals surface area contributed by atoms with Crippen molar-refractivity contribution in [2.24, 2.45) is 0 Å². The molecule has 1 N–H and O–H groups in total. The molecule has 0 aliphatic carbocycles. The van der Waals surface area contributed by atoms with Crippen molar-refractivity contribution in [2.75, 3.05) is 11.5 Å². The van der Waals surface area contributed by atoms with Crippen molar-refractivity contribution in [3.63, 3.8) is 0 Å². The molecule has 2 unspecified atom stereocenters. The molecule has 1 aliphatic heterocycles. The van der Waals surface area contributed by atoms with Gasteiger partial charge in [-0.15, -0.1) is 11.3 Å². The highest BCUT2D eigenvalue weighted by Crippen LogP contribution is 2.24. The van der Waals surface area contributed by atoms with Crippen LogP contribution in [-0.4, -0.2) is 26.0 Å². The summed E-state index contributed by atoms with van der Waals surface area (Å²) in [6, 6.07) is 4.58. The van der Waals surface area contributed by atoms with Crippen LogP contribution in [0.1, 0.15) is 37.1 Å². The first-order valence-electron chi connectivity index (χ1n) is 6.10. The molecule has 1 aromatic rings. The molecule has 2 atom stereocenters. The van der Waals surface area contributed by atoms with Gasteiger partial charge in [0.05, 0.1) is 11.5 Å². The Morgan fingerprint density at radius 1 is 1.59 bits per heavy atom. The van der Waals surface area contributed by atoms with Crippen LogP contribution in [0.5, 0.6) is 0 Å². The van der Waals surface area contributed by atoms with E-state index in [1.165, 1.54) is 4.88 Å². The second-order valence-corrected chi connectivity index (χ2v) is 7.80. The van der Waals surface area contributed by atoms with Gasteiger partial charge in [0.2, 0.25) is 0 Å². The number of thiophene rings is 1. The Balaban J connectivity index is 2.00. The first kappa shape index (κ1) is 13.1. The lowest BCUT2D eigenvalue weighted by molar-refractivity contribution is 0.417. The van der Waals surface area contributed by atoms with E-state index in [1.54, 1.807) is 11.3 Å². The van der Waals surface area contributed by atoms with Crippen molar-refractivity contribution in [2.45, 2.75) is 38.3 Å². The Bertz CT molecular complexity index is 439. The van der Waals surface area contributed by atoms with Gasteiger partial charge in [-0.25, -0.2) is 8.42 Å². The third-order valence-corrected chi connectivity index (χ3v) is 6.00. The Morgan fingerprint density at radius 3 is 3.00 bits per heavy atom. The Kier molecular flexibility index (Phi) is 4.22. The summed E-state index contributed by atoms with van der Waals surface area (Å²) in [5, 5.41) is 5.56. The van der Waals surface area contributed by atoms with Crippen LogP contribution in [0, 0.1) is 0 Å². The second-order valence-electron chi connectivity index (χ2n) is 4.60. The minimum atomic E-state index is -2.81. The topological polar surface area (TPSA) is 46.2 Å². The molecule has 0 radical (unpaired) electrons. The zero-order valence-electron chi connectivity index (χ0n) is 10.1. The van der Waals surface area contributed by atoms with Crippen LogP contribution in [0.15, 0.2) is 17.5 Å². The van der Waals surface area contributed by atoms with Crippen molar-refractivity contribution in [1.82, 2.24) is 5.32 Å². The number of nitrogens with one attached hydrogen (secondary N) is 1. The van der Waals surface area contributed by atoms with E-state index in [4.69, 9.17) is 0 Å². The predicted molar refractivity (Wildman–Crippen MR) is 72.2 cm³/mol. The van der Waals surface area contributed by atoms with E-state index < -0.39 is 9.84 Å². The molecule has 1 saturated heterocycles. The maximum Gasteiger partial charge on any atom is 0.151 e. The fraction of sp³-hybridized carbons (Fsp3) is 0.667. The zero-order valence-corrected chi connectivity index (χ0v) is 11.7. The van der Waals surface area contributed by atoms with Crippen LogP contribution >= 0.6 is 11.3 Å². The second kappa shape index (κ2) is 5.50. The van der Waals surface area contributed by atoms with Gasteiger partial charge in [0.1, 0.15) is 0 Å². The summed E-state index contributed by atoms with van der Waals surface area (Å²) in [5.41, 5.74) is 0. The number of hydrogen-bond acceptors (Lipinski definition) is 4. The average Bonchev–Trinajstić information content (AvgIpc) is 2.78. The van der Waals surface area contributed by atoms with Crippen LogP contribution < -0.4 is 5.32 Å². The predicted octanol–water partition coefficient (Wildman–Crippen LogP) is 2.37. The van der Waals surface area contributed by atoms with Gasteiger partial charge in [-0.3, -0.25) is 0 Å². The van der Waals surface area contributed by atoms with Gasteiger partial charge in [0.25, 0.3) is 0 Å². The zero-order chi connectivity index (χ0) is 12.3. The van der Waals surface area contributed by atoms with E-state index in [9.17, 15) is 8.42 Å². The minimum Gasteiger partial charge on any atom is -0.305 e. The fourth-order valence-electron chi connectivity index (χ4n) is 2.33.